The Balaban J connectivity index is 2.33. The number of carbonyl (C=O) groups excluding carboxylic acids is 2. The maximum absolute atomic E-state index is 12.2. The van der Waals surface area contributed by atoms with E-state index in [4.69, 9.17) is 14.2 Å². The molecule has 2 rings (SSSR count). The molecule has 0 saturated heterocycles. The lowest BCUT2D eigenvalue weighted by molar-refractivity contribution is -0.132. The first-order valence-electron chi connectivity index (χ1n) is 6.24. The first kappa shape index (κ1) is 14.6. The zero-order valence-corrected chi connectivity index (χ0v) is 11.7. The molecule has 0 N–H and O–H groups in total. The van der Waals surface area contributed by atoms with Crippen LogP contribution in [0.25, 0.3) is 0 Å². The maximum atomic E-state index is 12.2. The highest BCUT2D eigenvalue weighted by molar-refractivity contribution is 5.95. The second-order valence-electron chi connectivity index (χ2n) is 4.13. The van der Waals surface area contributed by atoms with Crippen LogP contribution >= 0.6 is 0 Å². The van der Waals surface area contributed by atoms with Crippen LogP contribution in [-0.4, -0.2) is 19.0 Å². The molecule has 0 aliphatic rings. The average Bonchev–Trinajstić information content (AvgIpc) is 2.47. The molecule has 5 heteroatoms. The van der Waals surface area contributed by atoms with E-state index in [0.717, 1.165) is 0 Å². The topological polar surface area (TPSA) is 61.8 Å². The maximum Gasteiger partial charge on any atom is 0.347 e. The molecule has 2 aromatic rings. The molecular weight excluding hydrogens is 272 g/mol. The summed E-state index contributed by atoms with van der Waals surface area (Å²) < 4.78 is 15.4. The molecule has 0 spiro atoms. The van der Waals surface area contributed by atoms with Crippen molar-refractivity contribution in [1.29, 1.82) is 0 Å². The van der Waals surface area contributed by atoms with Crippen molar-refractivity contribution < 1.29 is 23.8 Å². The molecule has 0 unspecified atom stereocenters. The minimum absolute atomic E-state index is 0.0495. The van der Waals surface area contributed by atoms with Gasteiger partial charge in [0, 0.05) is 6.92 Å². The fraction of sp³-hybridized carbons (Fsp3) is 0.125. The molecule has 0 aliphatic heterocycles. The van der Waals surface area contributed by atoms with E-state index < -0.39 is 11.9 Å². The number of para-hydroxylation sites is 2. The summed E-state index contributed by atoms with van der Waals surface area (Å²) in [6.07, 6.45) is 0. The van der Waals surface area contributed by atoms with Crippen LogP contribution in [0.5, 0.6) is 17.2 Å². The average molecular weight is 286 g/mol. The van der Waals surface area contributed by atoms with E-state index in [1.807, 2.05) is 6.07 Å². The minimum Gasteiger partial charge on any atom is -0.493 e. The molecule has 0 radical (unpaired) electrons. The van der Waals surface area contributed by atoms with Crippen molar-refractivity contribution in [1.82, 2.24) is 0 Å². The van der Waals surface area contributed by atoms with E-state index >= 15 is 0 Å². The number of hydrogen-bond acceptors (Lipinski definition) is 5. The van der Waals surface area contributed by atoms with E-state index in [9.17, 15) is 9.59 Å². The summed E-state index contributed by atoms with van der Waals surface area (Å²) in [6, 6.07) is 13.3. The first-order valence-corrected chi connectivity index (χ1v) is 6.24. The number of carbonyl (C=O) groups is 2. The molecule has 0 aromatic heterocycles. The fourth-order valence-corrected chi connectivity index (χ4v) is 1.74. The smallest absolute Gasteiger partial charge is 0.347 e. The van der Waals surface area contributed by atoms with E-state index in [2.05, 4.69) is 0 Å². The van der Waals surface area contributed by atoms with Crippen molar-refractivity contribution in [2.24, 2.45) is 0 Å². The predicted octanol–water partition coefficient (Wildman–Crippen LogP) is 2.84. The molecular formula is C16H14O5. The number of hydrogen-bond donors (Lipinski definition) is 0. The van der Waals surface area contributed by atoms with Crippen LogP contribution in [-0.2, 0) is 4.79 Å². The summed E-state index contributed by atoms with van der Waals surface area (Å²) in [5.41, 5.74) is 0.119. The second kappa shape index (κ2) is 6.56. The predicted molar refractivity (Wildman–Crippen MR) is 75.7 cm³/mol. The van der Waals surface area contributed by atoms with Gasteiger partial charge in [0.05, 0.1) is 7.11 Å². The van der Waals surface area contributed by atoms with Gasteiger partial charge in [-0.25, -0.2) is 4.79 Å². The molecule has 0 saturated carbocycles. The summed E-state index contributed by atoms with van der Waals surface area (Å²) in [7, 11) is 1.43. The lowest BCUT2D eigenvalue weighted by Gasteiger charge is -2.12. The van der Waals surface area contributed by atoms with Crippen molar-refractivity contribution in [2.45, 2.75) is 6.92 Å². The summed E-state index contributed by atoms with van der Waals surface area (Å²) >= 11 is 0. The second-order valence-corrected chi connectivity index (χ2v) is 4.13. The van der Waals surface area contributed by atoms with Gasteiger partial charge in [0.15, 0.2) is 11.5 Å². The standard InChI is InChI=1S/C16H14O5/c1-11(17)20-15-13(9-6-10-14(15)19-2)16(18)21-12-7-4-3-5-8-12/h3-10H,1-2H3. The van der Waals surface area contributed by atoms with Crippen LogP contribution in [0.3, 0.4) is 0 Å². The normalized spacial score (nSPS) is 9.81. The third-order valence-electron chi connectivity index (χ3n) is 2.62. The SMILES string of the molecule is COc1cccc(C(=O)Oc2ccccc2)c1OC(C)=O. The minimum atomic E-state index is -0.628. The molecule has 0 amide bonds. The van der Waals surface area contributed by atoms with Gasteiger partial charge in [0.1, 0.15) is 11.3 Å². The Bertz CT molecular complexity index is 649. The summed E-state index contributed by atoms with van der Waals surface area (Å²) in [4.78, 5) is 23.4. The van der Waals surface area contributed by atoms with Crippen molar-refractivity contribution in [2.75, 3.05) is 7.11 Å². The highest BCUT2D eigenvalue weighted by Crippen LogP contribution is 2.32. The van der Waals surface area contributed by atoms with Gasteiger partial charge in [-0.3, -0.25) is 4.79 Å². The highest BCUT2D eigenvalue weighted by atomic mass is 16.6. The monoisotopic (exact) mass is 286 g/mol. The molecule has 0 aliphatic carbocycles. The Morgan fingerprint density at radius 3 is 2.24 bits per heavy atom. The van der Waals surface area contributed by atoms with Gasteiger partial charge in [-0.05, 0) is 24.3 Å². The van der Waals surface area contributed by atoms with E-state index in [-0.39, 0.29) is 17.1 Å². The molecule has 0 atom stereocenters. The highest BCUT2D eigenvalue weighted by Gasteiger charge is 2.20. The van der Waals surface area contributed by atoms with Crippen molar-refractivity contribution in [3.8, 4) is 17.2 Å². The van der Waals surface area contributed by atoms with E-state index in [1.54, 1.807) is 36.4 Å². The Morgan fingerprint density at radius 2 is 1.62 bits per heavy atom. The molecule has 2 aromatic carbocycles. The van der Waals surface area contributed by atoms with Gasteiger partial charge in [-0.1, -0.05) is 24.3 Å². The van der Waals surface area contributed by atoms with Crippen molar-refractivity contribution >= 4 is 11.9 Å². The summed E-state index contributed by atoms with van der Waals surface area (Å²) in [6.45, 7) is 1.25. The third kappa shape index (κ3) is 3.60. The lowest BCUT2D eigenvalue weighted by Crippen LogP contribution is -2.13. The van der Waals surface area contributed by atoms with Crippen molar-refractivity contribution in [3.05, 3.63) is 54.1 Å². The van der Waals surface area contributed by atoms with Crippen LogP contribution in [0.4, 0.5) is 0 Å². The summed E-state index contributed by atoms with van der Waals surface area (Å²) in [5.74, 6) is -0.440. The number of rotatable bonds is 4. The zero-order chi connectivity index (χ0) is 15.2. The van der Waals surface area contributed by atoms with Crippen LogP contribution < -0.4 is 14.2 Å². The molecule has 0 bridgehead atoms. The molecule has 21 heavy (non-hydrogen) atoms. The molecule has 0 heterocycles. The van der Waals surface area contributed by atoms with Crippen molar-refractivity contribution in [3.63, 3.8) is 0 Å². The van der Waals surface area contributed by atoms with Gasteiger partial charge >= 0.3 is 11.9 Å². The van der Waals surface area contributed by atoms with Gasteiger partial charge in [0.25, 0.3) is 0 Å². The molecule has 0 fully saturated rings. The largest absolute Gasteiger partial charge is 0.493 e. The third-order valence-corrected chi connectivity index (χ3v) is 2.62. The van der Waals surface area contributed by atoms with Crippen LogP contribution in [0.1, 0.15) is 17.3 Å². The molecule has 5 nitrogen and oxygen atoms in total. The Morgan fingerprint density at radius 1 is 0.905 bits per heavy atom. The number of benzene rings is 2. The quantitative estimate of drug-likeness (QED) is 0.639. The van der Waals surface area contributed by atoms with Crippen LogP contribution in [0, 0.1) is 0 Å². The lowest BCUT2D eigenvalue weighted by atomic mass is 10.2. The molecule has 108 valence electrons. The Hall–Kier alpha value is -2.82. The first-order chi connectivity index (χ1) is 10.1. The summed E-state index contributed by atoms with van der Waals surface area (Å²) in [5, 5.41) is 0. The Labute approximate surface area is 122 Å². The van der Waals surface area contributed by atoms with Crippen LogP contribution in [0.15, 0.2) is 48.5 Å². The van der Waals surface area contributed by atoms with Crippen LogP contribution in [0.2, 0.25) is 0 Å². The van der Waals surface area contributed by atoms with Gasteiger partial charge in [0.2, 0.25) is 0 Å². The zero-order valence-electron chi connectivity index (χ0n) is 11.7. The van der Waals surface area contributed by atoms with Gasteiger partial charge in [-0.15, -0.1) is 0 Å². The number of esters is 2. The van der Waals surface area contributed by atoms with Gasteiger partial charge < -0.3 is 14.2 Å². The number of ether oxygens (including phenoxy) is 3. The van der Waals surface area contributed by atoms with Gasteiger partial charge in [-0.2, -0.15) is 0 Å². The van der Waals surface area contributed by atoms with E-state index in [1.165, 1.54) is 20.1 Å². The number of methoxy groups -OCH3 is 1. The fourth-order valence-electron chi connectivity index (χ4n) is 1.74. The van der Waals surface area contributed by atoms with E-state index in [0.29, 0.717) is 5.75 Å². The Kier molecular flexibility index (Phi) is 4.56.